The van der Waals surface area contributed by atoms with Crippen LogP contribution in [-0.4, -0.2) is 22.4 Å². The summed E-state index contributed by atoms with van der Waals surface area (Å²) in [6, 6.07) is 74.3. The van der Waals surface area contributed by atoms with Crippen molar-refractivity contribution in [2.24, 2.45) is 0 Å². The Bertz CT molecular complexity index is 2750. The molecule has 0 unspecified atom stereocenters. The molecule has 0 saturated heterocycles. The van der Waals surface area contributed by atoms with Gasteiger partial charge in [-0.3, -0.25) is 0 Å². The van der Waals surface area contributed by atoms with Crippen LogP contribution < -0.4 is 17.6 Å². The second-order valence-electron chi connectivity index (χ2n) is 13.7. The van der Waals surface area contributed by atoms with Crippen LogP contribution in [0.2, 0.25) is 0 Å². The molecule has 52 heavy (non-hydrogen) atoms. The molecule has 2 heterocycles. The van der Waals surface area contributed by atoms with Crippen LogP contribution in [0.4, 0.5) is 0 Å². The summed E-state index contributed by atoms with van der Waals surface area (Å²) in [6.45, 7) is 2.35. The average molecular weight is 725 g/mol. The topological polar surface area (TPSA) is 9.86 Å². The van der Waals surface area contributed by atoms with Crippen molar-refractivity contribution in [3.8, 4) is 11.4 Å². The van der Waals surface area contributed by atoms with Gasteiger partial charge in [0.15, 0.2) is 0 Å². The maximum atomic E-state index is 2.51. The average Bonchev–Trinajstić information content (AvgIpc) is 3.73. The van der Waals surface area contributed by atoms with Gasteiger partial charge in [0.2, 0.25) is 0 Å². The van der Waals surface area contributed by atoms with Crippen molar-refractivity contribution >= 4 is 74.5 Å². The predicted octanol–water partition coefficient (Wildman–Crippen LogP) is 9.57. The van der Waals surface area contributed by atoms with E-state index in [1.54, 1.807) is 0 Å². The van der Waals surface area contributed by atoms with E-state index in [1.807, 2.05) is 0 Å². The Morgan fingerprint density at radius 1 is 0.346 bits per heavy atom. The van der Waals surface area contributed by atoms with Crippen molar-refractivity contribution in [3.63, 3.8) is 0 Å². The Kier molecular flexibility index (Phi) is 7.26. The number of rotatable bonds is 6. The first-order chi connectivity index (χ1) is 25.7. The van der Waals surface area contributed by atoms with Crippen LogP contribution in [0.1, 0.15) is 5.56 Å². The molecule has 0 atom stereocenters. The molecule has 0 radical (unpaired) electrons. The van der Waals surface area contributed by atoms with E-state index in [0.717, 1.165) is 0 Å². The molecule has 0 aliphatic carbocycles. The summed E-state index contributed by atoms with van der Waals surface area (Å²) in [6.07, 6.45) is 0. The van der Waals surface area contributed by atoms with Gasteiger partial charge in [-0.2, -0.15) is 0 Å². The van der Waals surface area contributed by atoms with Gasteiger partial charge in [0.05, 0.1) is 0 Å². The zero-order chi connectivity index (χ0) is 34.6. The van der Waals surface area contributed by atoms with Crippen LogP contribution in [0.3, 0.4) is 0 Å². The van der Waals surface area contributed by atoms with E-state index in [1.165, 1.54) is 78.1 Å². The van der Waals surface area contributed by atoms with E-state index in [2.05, 4.69) is 216 Å². The second-order valence-corrected chi connectivity index (χ2v) is 21.6. The van der Waals surface area contributed by atoms with Gasteiger partial charge in [0.25, 0.3) is 0 Å². The van der Waals surface area contributed by atoms with E-state index in [9.17, 15) is 0 Å². The summed E-state index contributed by atoms with van der Waals surface area (Å²) in [7, 11) is 0. The van der Waals surface area contributed by atoms with Gasteiger partial charge >= 0.3 is 296 Å². The molecule has 3 heteroatoms. The quantitative estimate of drug-likeness (QED) is 0.151. The third-order valence-corrected chi connectivity index (χ3v) is 21.4. The van der Waals surface area contributed by atoms with Crippen molar-refractivity contribution in [1.82, 2.24) is 9.13 Å². The molecule has 0 bridgehead atoms. The summed E-state index contributed by atoms with van der Waals surface area (Å²) < 4.78 is 10.7. The van der Waals surface area contributed by atoms with E-state index < -0.39 is 13.3 Å². The third-order valence-electron chi connectivity index (χ3n) is 11.1. The Morgan fingerprint density at radius 2 is 0.769 bits per heavy atom. The molecule has 10 aromatic rings. The Labute approximate surface area is 306 Å². The first-order valence-electron chi connectivity index (χ1n) is 18.0. The predicted molar refractivity (Wildman–Crippen MR) is 223 cm³/mol. The molecule has 0 amide bonds. The monoisotopic (exact) mass is 726 g/mol. The van der Waals surface area contributed by atoms with E-state index in [-0.39, 0.29) is 0 Å². The maximum absolute atomic E-state index is 3.51. The van der Waals surface area contributed by atoms with E-state index in [0.29, 0.717) is 0 Å². The van der Waals surface area contributed by atoms with Gasteiger partial charge in [-0.25, -0.2) is 0 Å². The molecule has 0 saturated carbocycles. The number of hydrogen-bond donors (Lipinski definition) is 0. The van der Waals surface area contributed by atoms with Crippen LogP contribution in [0.25, 0.3) is 55.0 Å². The minimum atomic E-state index is -3.51. The fraction of sp³-hybridized carbons (Fsp3) is 0.0204. The number of fused-ring (bicyclic) bond motifs is 6. The molecule has 0 spiro atoms. The molecule has 0 aliphatic heterocycles. The summed E-state index contributed by atoms with van der Waals surface area (Å²) in [4.78, 5) is 0. The van der Waals surface area contributed by atoms with Crippen LogP contribution in [-0.2, 0) is 0 Å². The van der Waals surface area contributed by atoms with Crippen molar-refractivity contribution in [2.75, 3.05) is 0 Å². The number of nitrogens with zero attached hydrogens (tertiary/aromatic N) is 2. The molecule has 0 fully saturated rings. The van der Waals surface area contributed by atoms with Gasteiger partial charge in [-0.05, 0) is 0 Å². The minimum absolute atomic E-state index is 1.17. The fourth-order valence-corrected chi connectivity index (χ4v) is 19.5. The molecule has 8 aromatic carbocycles. The first kappa shape index (κ1) is 30.7. The number of para-hydroxylation sites is 3. The molecular weight excluding hydrogens is 689 g/mol. The SMILES string of the molecule is Cc1c(-n2c3ccccc3c3cc(-n4c5ccccc5c5ccccc54)ccc32)ccc[c]1[Ge]([c]1ccccc1)([c]1ccccc1)[c]1ccccc1. The van der Waals surface area contributed by atoms with Gasteiger partial charge in [0.1, 0.15) is 0 Å². The third kappa shape index (κ3) is 4.51. The molecular formula is C49H36GeN2. The fourth-order valence-electron chi connectivity index (χ4n) is 8.86. The van der Waals surface area contributed by atoms with Crippen molar-refractivity contribution in [3.05, 3.63) is 206 Å². The zero-order valence-electron chi connectivity index (χ0n) is 28.9. The van der Waals surface area contributed by atoms with Crippen molar-refractivity contribution < 1.29 is 0 Å². The van der Waals surface area contributed by atoms with E-state index in [4.69, 9.17) is 0 Å². The van der Waals surface area contributed by atoms with Gasteiger partial charge in [0, 0.05) is 0 Å². The molecule has 2 nitrogen and oxygen atoms in total. The van der Waals surface area contributed by atoms with E-state index >= 15 is 0 Å². The van der Waals surface area contributed by atoms with Gasteiger partial charge in [-0.1, -0.05) is 12.1 Å². The molecule has 246 valence electrons. The summed E-state index contributed by atoms with van der Waals surface area (Å²) in [5.74, 6) is 0. The number of benzene rings is 8. The van der Waals surface area contributed by atoms with Gasteiger partial charge in [-0.15, -0.1) is 0 Å². The van der Waals surface area contributed by atoms with Crippen molar-refractivity contribution in [2.45, 2.75) is 6.92 Å². The summed E-state index contributed by atoms with van der Waals surface area (Å²) >= 11 is -3.51. The number of aromatic nitrogens is 2. The van der Waals surface area contributed by atoms with Crippen LogP contribution in [0.15, 0.2) is 200 Å². The van der Waals surface area contributed by atoms with Crippen molar-refractivity contribution in [1.29, 1.82) is 0 Å². The van der Waals surface area contributed by atoms with Gasteiger partial charge < -0.3 is 0 Å². The van der Waals surface area contributed by atoms with Crippen LogP contribution in [0, 0.1) is 6.92 Å². The summed E-state index contributed by atoms with van der Waals surface area (Å²) in [5, 5.41) is 5.06. The Morgan fingerprint density at radius 3 is 1.29 bits per heavy atom. The first-order valence-corrected chi connectivity index (χ1v) is 22.2. The zero-order valence-corrected chi connectivity index (χ0v) is 31.0. The van der Waals surface area contributed by atoms with Crippen LogP contribution in [0.5, 0.6) is 0 Å². The molecule has 0 N–H and O–H groups in total. The molecule has 0 aliphatic rings. The van der Waals surface area contributed by atoms with Crippen LogP contribution >= 0.6 is 0 Å². The Hall–Kier alpha value is -6.10. The number of hydrogen-bond acceptors (Lipinski definition) is 0. The summed E-state index contributed by atoms with van der Waals surface area (Å²) in [5.41, 5.74) is 8.60. The molecule has 10 rings (SSSR count). The second kappa shape index (κ2) is 12.3. The Balaban J connectivity index is 1.26. The normalized spacial score (nSPS) is 11.9. The standard InChI is InChI=1S/C49H36GeN2/c1-35-44(50(36-18-5-2-6-19-36,37-20-7-3-8-21-37)38-22-9-4-10-23-38)27-17-31-45(35)52-48-30-16-13-26-42(48)43-34-39(32-33-49(43)52)51-46-28-14-11-24-40(46)41-25-12-15-29-47(41)51/h2-34H,1H3. The molecule has 2 aromatic heterocycles.